The van der Waals surface area contributed by atoms with Gasteiger partial charge in [0, 0.05) is 51.4 Å². The van der Waals surface area contributed by atoms with Crippen LogP contribution in [0.3, 0.4) is 0 Å². The van der Waals surface area contributed by atoms with Crippen molar-refractivity contribution in [1.29, 1.82) is 0 Å². The number of nitrogens with zero attached hydrogens (tertiary/aromatic N) is 3. The van der Waals surface area contributed by atoms with Gasteiger partial charge in [0.2, 0.25) is 5.91 Å². The number of pyridine rings is 1. The van der Waals surface area contributed by atoms with Gasteiger partial charge in [-0.05, 0) is 44.2 Å². The molecule has 0 atom stereocenters. The lowest BCUT2D eigenvalue weighted by Crippen LogP contribution is -2.50. The molecule has 0 unspecified atom stereocenters. The third-order valence-electron chi connectivity index (χ3n) is 5.37. The van der Waals surface area contributed by atoms with Crippen molar-refractivity contribution in [3.8, 4) is 0 Å². The SMILES string of the molecule is CC(=O)N1CCN(C(=O)c2cc(C(=O)NCCC3=CCCCC3)ccn2)CC1. The van der Waals surface area contributed by atoms with Gasteiger partial charge < -0.3 is 15.1 Å². The first kappa shape index (κ1) is 20.0. The van der Waals surface area contributed by atoms with Crippen LogP contribution in [0.15, 0.2) is 30.0 Å². The molecule has 7 heteroatoms. The van der Waals surface area contributed by atoms with E-state index in [1.807, 2.05) is 0 Å². The number of allylic oxidation sites excluding steroid dienone is 1. The minimum Gasteiger partial charge on any atom is -0.352 e. The summed E-state index contributed by atoms with van der Waals surface area (Å²) in [7, 11) is 0. The molecule has 0 radical (unpaired) electrons. The summed E-state index contributed by atoms with van der Waals surface area (Å²) in [6.45, 7) is 4.14. The van der Waals surface area contributed by atoms with E-state index in [0.29, 0.717) is 38.3 Å². The van der Waals surface area contributed by atoms with E-state index in [9.17, 15) is 14.4 Å². The smallest absolute Gasteiger partial charge is 0.272 e. The Bertz CT molecular complexity index is 767. The highest BCUT2D eigenvalue weighted by molar-refractivity contribution is 5.98. The molecule has 1 aromatic rings. The maximum Gasteiger partial charge on any atom is 0.272 e. The van der Waals surface area contributed by atoms with Gasteiger partial charge in [-0.15, -0.1) is 0 Å². The molecule has 0 bridgehead atoms. The largest absolute Gasteiger partial charge is 0.352 e. The molecule has 1 aliphatic heterocycles. The minimum atomic E-state index is -0.204. The van der Waals surface area contributed by atoms with E-state index < -0.39 is 0 Å². The van der Waals surface area contributed by atoms with Crippen LogP contribution in [0.2, 0.25) is 0 Å². The zero-order chi connectivity index (χ0) is 19.9. The number of carbonyl (C=O) groups is 3. The van der Waals surface area contributed by atoms with Gasteiger partial charge in [0.05, 0.1) is 0 Å². The average molecular weight is 384 g/mol. The van der Waals surface area contributed by atoms with Crippen molar-refractivity contribution < 1.29 is 14.4 Å². The van der Waals surface area contributed by atoms with E-state index in [4.69, 9.17) is 0 Å². The van der Waals surface area contributed by atoms with Gasteiger partial charge in [-0.2, -0.15) is 0 Å². The van der Waals surface area contributed by atoms with Crippen molar-refractivity contribution in [2.24, 2.45) is 0 Å². The molecular weight excluding hydrogens is 356 g/mol. The predicted molar refractivity (Wildman–Crippen MR) is 106 cm³/mol. The van der Waals surface area contributed by atoms with Crippen molar-refractivity contribution in [3.63, 3.8) is 0 Å². The normalized spacial score (nSPS) is 17.1. The third kappa shape index (κ3) is 5.18. The molecule has 3 rings (SSSR count). The lowest BCUT2D eigenvalue weighted by Gasteiger charge is -2.34. The van der Waals surface area contributed by atoms with Crippen LogP contribution >= 0.6 is 0 Å². The lowest BCUT2D eigenvalue weighted by molar-refractivity contribution is -0.130. The molecule has 150 valence electrons. The molecule has 2 heterocycles. The van der Waals surface area contributed by atoms with E-state index in [2.05, 4.69) is 16.4 Å². The Labute approximate surface area is 165 Å². The third-order valence-corrected chi connectivity index (χ3v) is 5.37. The number of hydrogen-bond acceptors (Lipinski definition) is 4. The summed E-state index contributed by atoms with van der Waals surface area (Å²) in [6.07, 6.45) is 9.41. The Morgan fingerprint density at radius 1 is 1.11 bits per heavy atom. The van der Waals surface area contributed by atoms with Gasteiger partial charge in [-0.3, -0.25) is 19.4 Å². The molecule has 1 N–H and O–H groups in total. The Hall–Kier alpha value is -2.70. The lowest BCUT2D eigenvalue weighted by atomic mass is 9.97. The molecule has 3 amide bonds. The molecule has 0 spiro atoms. The fourth-order valence-corrected chi connectivity index (χ4v) is 3.65. The zero-order valence-electron chi connectivity index (χ0n) is 16.4. The number of amides is 3. The summed E-state index contributed by atoms with van der Waals surface area (Å²) in [6, 6.07) is 3.18. The average Bonchev–Trinajstić information content (AvgIpc) is 2.74. The van der Waals surface area contributed by atoms with Gasteiger partial charge in [-0.1, -0.05) is 11.6 Å². The van der Waals surface area contributed by atoms with Crippen LogP contribution in [-0.2, 0) is 4.79 Å². The summed E-state index contributed by atoms with van der Waals surface area (Å²) in [5, 5.41) is 2.93. The minimum absolute atomic E-state index is 0.0212. The summed E-state index contributed by atoms with van der Waals surface area (Å²) in [5.74, 6) is -0.368. The Balaban J connectivity index is 1.54. The highest BCUT2D eigenvalue weighted by Crippen LogP contribution is 2.19. The number of hydrogen-bond donors (Lipinski definition) is 1. The number of rotatable bonds is 5. The molecule has 0 aromatic carbocycles. The van der Waals surface area contributed by atoms with Crippen LogP contribution in [0.25, 0.3) is 0 Å². The second-order valence-corrected chi connectivity index (χ2v) is 7.34. The highest BCUT2D eigenvalue weighted by atomic mass is 16.2. The molecule has 1 saturated heterocycles. The van der Waals surface area contributed by atoms with E-state index in [1.54, 1.807) is 21.9 Å². The van der Waals surface area contributed by atoms with Crippen molar-refractivity contribution in [3.05, 3.63) is 41.2 Å². The van der Waals surface area contributed by atoms with Crippen molar-refractivity contribution in [1.82, 2.24) is 20.1 Å². The maximum absolute atomic E-state index is 12.7. The summed E-state index contributed by atoms with van der Waals surface area (Å²) in [5.41, 5.74) is 2.12. The van der Waals surface area contributed by atoms with Crippen molar-refractivity contribution in [2.45, 2.75) is 39.0 Å². The van der Waals surface area contributed by atoms with E-state index in [0.717, 1.165) is 19.3 Å². The highest BCUT2D eigenvalue weighted by Gasteiger charge is 2.24. The number of piperazine rings is 1. The van der Waals surface area contributed by atoms with Gasteiger partial charge in [-0.25, -0.2) is 0 Å². The van der Waals surface area contributed by atoms with Gasteiger partial charge in [0.15, 0.2) is 0 Å². The molecule has 28 heavy (non-hydrogen) atoms. The first-order chi connectivity index (χ1) is 13.5. The van der Waals surface area contributed by atoms with Crippen LogP contribution in [0.4, 0.5) is 0 Å². The van der Waals surface area contributed by atoms with Crippen molar-refractivity contribution in [2.75, 3.05) is 32.7 Å². The standard InChI is InChI=1S/C21H28N4O3/c1-16(26)24-11-13-25(14-12-24)21(28)19-15-18(8-10-22-19)20(27)23-9-7-17-5-3-2-4-6-17/h5,8,10,15H,2-4,6-7,9,11-14H2,1H3,(H,23,27). The van der Waals surface area contributed by atoms with E-state index in [-0.39, 0.29) is 23.4 Å². The molecule has 1 aromatic heterocycles. The molecule has 1 aliphatic carbocycles. The first-order valence-corrected chi connectivity index (χ1v) is 10.0. The van der Waals surface area contributed by atoms with Crippen LogP contribution in [0.5, 0.6) is 0 Å². The fourth-order valence-electron chi connectivity index (χ4n) is 3.65. The first-order valence-electron chi connectivity index (χ1n) is 10.0. The zero-order valence-corrected chi connectivity index (χ0v) is 16.4. The van der Waals surface area contributed by atoms with Crippen LogP contribution in [-0.4, -0.2) is 65.2 Å². The molecule has 7 nitrogen and oxygen atoms in total. The van der Waals surface area contributed by atoms with Crippen LogP contribution in [0, 0.1) is 0 Å². The predicted octanol–water partition coefficient (Wildman–Crippen LogP) is 2.01. The Kier molecular flexibility index (Phi) is 6.79. The van der Waals surface area contributed by atoms with Crippen LogP contribution < -0.4 is 5.32 Å². The Morgan fingerprint density at radius 2 is 1.86 bits per heavy atom. The number of nitrogens with one attached hydrogen (secondary N) is 1. The molecule has 0 saturated carbocycles. The second kappa shape index (κ2) is 9.48. The monoisotopic (exact) mass is 384 g/mol. The molecule has 2 aliphatic rings. The van der Waals surface area contributed by atoms with E-state index in [1.165, 1.54) is 31.5 Å². The van der Waals surface area contributed by atoms with Gasteiger partial charge >= 0.3 is 0 Å². The summed E-state index contributed by atoms with van der Waals surface area (Å²) < 4.78 is 0. The fraction of sp³-hybridized carbons (Fsp3) is 0.524. The maximum atomic E-state index is 12.7. The van der Waals surface area contributed by atoms with Gasteiger partial charge in [0.1, 0.15) is 5.69 Å². The van der Waals surface area contributed by atoms with Crippen molar-refractivity contribution >= 4 is 17.7 Å². The number of carbonyl (C=O) groups excluding carboxylic acids is 3. The topological polar surface area (TPSA) is 82.6 Å². The molecule has 1 fully saturated rings. The van der Waals surface area contributed by atoms with E-state index >= 15 is 0 Å². The number of aromatic nitrogens is 1. The second-order valence-electron chi connectivity index (χ2n) is 7.34. The van der Waals surface area contributed by atoms with Crippen LogP contribution in [0.1, 0.15) is 59.9 Å². The molecular formula is C21H28N4O3. The van der Waals surface area contributed by atoms with Gasteiger partial charge in [0.25, 0.3) is 11.8 Å². The summed E-state index contributed by atoms with van der Waals surface area (Å²) in [4.78, 5) is 44.1. The quantitative estimate of drug-likeness (QED) is 0.787. The summed E-state index contributed by atoms with van der Waals surface area (Å²) >= 11 is 0. The Morgan fingerprint density at radius 3 is 2.54 bits per heavy atom.